The molecule has 3 aromatic rings. The lowest BCUT2D eigenvalue weighted by Crippen LogP contribution is -2.29. The summed E-state index contributed by atoms with van der Waals surface area (Å²) in [6.45, 7) is 1.87. The Balaban J connectivity index is 1.65. The van der Waals surface area contributed by atoms with E-state index in [2.05, 4.69) is 15.4 Å². The molecule has 1 aliphatic rings. The fraction of sp³-hybridized carbons (Fsp3) is 0.286. The van der Waals surface area contributed by atoms with Gasteiger partial charge in [0.2, 0.25) is 6.10 Å². The number of aromatic nitrogens is 3. The molecule has 1 aliphatic heterocycles. The highest BCUT2D eigenvalue weighted by Crippen LogP contribution is 2.37. The highest BCUT2D eigenvalue weighted by molar-refractivity contribution is 6.36. The summed E-state index contributed by atoms with van der Waals surface area (Å²) in [5.41, 5.74) is 7.13. The van der Waals surface area contributed by atoms with Crippen LogP contribution in [-0.4, -0.2) is 38.9 Å². The number of carboxylic acids is 1. The average Bonchev–Trinajstić information content (AvgIpc) is 3.28. The van der Waals surface area contributed by atoms with Gasteiger partial charge in [0.25, 0.3) is 0 Å². The van der Waals surface area contributed by atoms with Crippen LogP contribution in [0.2, 0.25) is 10.0 Å². The minimum atomic E-state index is -1.69. The third kappa shape index (κ3) is 4.50. The first-order valence-electron chi connectivity index (χ1n) is 9.88. The molecule has 2 aromatic heterocycles. The molecule has 1 saturated heterocycles. The lowest BCUT2D eigenvalue weighted by atomic mass is 10.1. The third-order valence-electron chi connectivity index (χ3n) is 5.31. The number of anilines is 1. The number of nitrogens with zero attached hydrogens (tertiary/aromatic N) is 3. The van der Waals surface area contributed by atoms with Gasteiger partial charge in [-0.1, -0.05) is 23.2 Å². The van der Waals surface area contributed by atoms with Crippen molar-refractivity contribution in [2.75, 3.05) is 18.8 Å². The van der Waals surface area contributed by atoms with E-state index in [0.29, 0.717) is 11.6 Å². The molecule has 168 valence electrons. The summed E-state index contributed by atoms with van der Waals surface area (Å²) in [7, 11) is 0. The van der Waals surface area contributed by atoms with Crippen LogP contribution in [0.15, 0.2) is 36.8 Å². The number of nitrogens with one attached hydrogen (secondary N) is 1. The van der Waals surface area contributed by atoms with Crippen LogP contribution >= 0.6 is 23.2 Å². The number of halogens is 3. The predicted octanol–water partition coefficient (Wildman–Crippen LogP) is 4.10. The van der Waals surface area contributed by atoms with E-state index in [0.717, 1.165) is 37.6 Å². The van der Waals surface area contributed by atoms with Crippen LogP contribution in [0, 0.1) is 5.82 Å². The van der Waals surface area contributed by atoms with E-state index < -0.39 is 22.9 Å². The molecule has 0 amide bonds. The molecule has 1 fully saturated rings. The van der Waals surface area contributed by atoms with Crippen LogP contribution in [-0.2, 0) is 4.79 Å². The number of hydrogen-bond acceptors (Lipinski definition) is 6. The highest BCUT2D eigenvalue weighted by Gasteiger charge is 2.30. The highest BCUT2D eigenvalue weighted by atomic mass is 35.5. The maximum absolute atomic E-state index is 14.0. The van der Waals surface area contributed by atoms with Crippen molar-refractivity contribution in [3.63, 3.8) is 0 Å². The topological polar surface area (TPSA) is 115 Å². The van der Waals surface area contributed by atoms with Crippen molar-refractivity contribution in [1.29, 1.82) is 0 Å². The summed E-state index contributed by atoms with van der Waals surface area (Å²) in [5, 5.41) is 17.0. The fourth-order valence-electron chi connectivity index (χ4n) is 3.61. The number of carbonyl (C=O) groups is 1. The molecule has 32 heavy (non-hydrogen) atoms. The van der Waals surface area contributed by atoms with Crippen molar-refractivity contribution in [3.8, 4) is 16.9 Å². The van der Waals surface area contributed by atoms with E-state index >= 15 is 0 Å². The molecular formula is C21H20Cl2FN5O3. The van der Waals surface area contributed by atoms with Crippen molar-refractivity contribution in [2.24, 2.45) is 0 Å². The number of benzene rings is 1. The normalized spacial score (nSPS) is 15.5. The van der Waals surface area contributed by atoms with Gasteiger partial charge in [-0.3, -0.25) is 4.68 Å². The molecule has 0 aliphatic carbocycles. The molecule has 11 heteroatoms. The van der Waals surface area contributed by atoms with Gasteiger partial charge < -0.3 is 20.9 Å². The smallest absolute Gasteiger partial charge is 0.349 e. The first kappa shape index (κ1) is 22.3. The molecule has 8 nitrogen and oxygen atoms in total. The van der Waals surface area contributed by atoms with E-state index in [1.165, 1.54) is 6.07 Å². The van der Waals surface area contributed by atoms with Crippen molar-refractivity contribution in [1.82, 2.24) is 20.1 Å². The van der Waals surface area contributed by atoms with Crippen LogP contribution in [0.3, 0.4) is 0 Å². The zero-order valence-electron chi connectivity index (χ0n) is 16.8. The van der Waals surface area contributed by atoms with E-state index in [4.69, 9.17) is 33.7 Å². The minimum absolute atomic E-state index is 0.000843. The molecule has 1 aromatic carbocycles. The molecular weight excluding hydrogens is 460 g/mol. The van der Waals surface area contributed by atoms with Gasteiger partial charge in [-0.2, -0.15) is 5.10 Å². The van der Waals surface area contributed by atoms with Gasteiger partial charge in [-0.25, -0.2) is 14.2 Å². The zero-order valence-corrected chi connectivity index (χ0v) is 18.3. The number of nitrogens with two attached hydrogens (primary N) is 1. The van der Waals surface area contributed by atoms with Gasteiger partial charge >= 0.3 is 5.97 Å². The molecule has 1 atom stereocenters. The van der Waals surface area contributed by atoms with Crippen molar-refractivity contribution >= 4 is 35.0 Å². The van der Waals surface area contributed by atoms with Crippen LogP contribution in [0.5, 0.6) is 5.75 Å². The first-order valence-corrected chi connectivity index (χ1v) is 10.6. The fourth-order valence-corrected chi connectivity index (χ4v) is 4.18. The third-order valence-corrected chi connectivity index (χ3v) is 6.02. The number of rotatable bonds is 6. The molecule has 0 saturated carbocycles. The first-order chi connectivity index (χ1) is 15.3. The Morgan fingerprint density at radius 3 is 2.75 bits per heavy atom. The van der Waals surface area contributed by atoms with Crippen LogP contribution in [0.25, 0.3) is 11.1 Å². The summed E-state index contributed by atoms with van der Waals surface area (Å²) >= 11 is 12.1. The molecule has 4 rings (SSSR count). The lowest BCUT2D eigenvalue weighted by Gasteiger charge is -2.22. The second-order valence-corrected chi connectivity index (χ2v) is 8.18. The summed E-state index contributed by atoms with van der Waals surface area (Å²) < 4.78 is 21.5. The van der Waals surface area contributed by atoms with Gasteiger partial charge in [0.15, 0.2) is 11.6 Å². The maximum atomic E-state index is 14.0. The van der Waals surface area contributed by atoms with Crippen LogP contribution in [0.1, 0.15) is 30.6 Å². The number of ether oxygens (including phenoxy) is 1. The van der Waals surface area contributed by atoms with E-state index in [9.17, 15) is 14.3 Å². The van der Waals surface area contributed by atoms with Crippen molar-refractivity contribution in [3.05, 3.63) is 58.2 Å². The molecule has 4 N–H and O–H groups in total. The number of pyridine rings is 1. The Hall–Kier alpha value is -2.88. The SMILES string of the molecule is Nc1ncc(-c2cnn(C3CCNCC3)c2)cc1OC(C(=O)O)c1c(Cl)ccc(F)c1Cl. The van der Waals surface area contributed by atoms with E-state index in [1.807, 2.05) is 10.9 Å². The minimum Gasteiger partial charge on any atom is -0.478 e. The largest absolute Gasteiger partial charge is 0.478 e. The van der Waals surface area contributed by atoms with Crippen LogP contribution in [0.4, 0.5) is 10.2 Å². The van der Waals surface area contributed by atoms with Crippen LogP contribution < -0.4 is 15.8 Å². The summed E-state index contributed by atoms with van der Waals surface area (Å²) in [6, 6.07) is 4.12. The average molecular weight is 480 g/mol. The Morgan fingerprint density at radius 2 is 2.03 bits per heavy atom. The van der Waals surface area contributed by atoms with Gasteiger partial charge in [0, 0.05) is 34.1 Å². The van der Waals surface area contributed by atoms with E-state index in [1.54, 1.807) is 18.5 Å². The number of carboxylic acid groups (broad SMARTS) is 1. The lowest BCUT2D eigenvalue weighted by molar-refractivity contribution is -0.145. The van der Waals surface area contributed by atoms with Gasteiger partial charge in [0.1, 0.15) is 5.82 Å². The van der Waals surface area contributed by atoms with Gasteiger partial charge in [-0.15, -0.1) is 0 Å². The standard InChI is InChI=1S/C21H20Cl2FN5O3/c22-14-1-2-15(24)18(23)17(14)19(21(30)31)32-16-7-11(8-27-20(16)25)12-9-28-29(10-12)13-3-5-26-6-4-13/h1-2,7-10,13,19,26H,3-6H2,(H2,25,27)(H,30,31). The number of aliphatic carboxylic acids is 1. The molecule has 1 unspecified atom stereocenters. The number of hydrogen-bond donors (Lipinski definition) is 3. The molecule has 0 radical (unpaired) electrons. The van der Waals surface area contributed by atoms with Crippen molar-refractivity contribution in [2.45, 2.75) is 25.0 Å². The van der Waals surface area contributed by atoms with E-state index in [-0.39, 0.29) is 22.2 Å². The van der Waals surface area contributed by atoms with Gasteiger partial charge in [-0.05, 0) is 44.1 Å². The molecule has 3 heterocycles. The monoisotopic (exact) mass is 479 g/mol. The summed E-state index contributed by atoms with van der Waals surface area (Å²) in [4.78, 5) is 16.0. The Labute approximate surface area is 193 Å². The molecule has 0 bridgehead atoms. The molecule has 0 spiro atoms. The Bertz CT molecular complexity index is 1150. The second-order valence-electron chi connectivity index (χ2n) is 7.39. The van der Waals surface area contributed by atoms with Crippen molar-refractivity contribution < 1.29 is 19.0 Å². The quantitative estimate of drug-likeness (QED) is 0.455. The predicted molar refractivity (Wildman–Crippen MR) is 118 cm³/mol. The zero-order chi connectivity index (χ0) is 22.8. The van der Waals surface area contributed by atoms with Gasteiger partial charge in [0.05, 0.1) is 17.3 Å². The number of nitrogen functional groups attached to an aromatic ring is 1. The number of piperidine rings is 1. The Morgan fingerprint density at radius 1 is 1.28 bits per heavy atom. The summed E-state index contributed by atoms with van der Waals surface area (Å²) in [6.07, 6.45) is 5.41. The Kier molecular flexibility index (Phi) is 6.50. The maximum Gasteiger partial charge on any atom is 0.349 e. The summed E-state index contributed by atoms with van der Waals surface area (Å²) in [5.74, 6) is -2.26. The second kappa shape index (κ2) is 9.32.